The average Bonchev–Trinajstić information content (AvgIpc) is 2.92. The van der Waals surface area contributed by atoms with Gasteiger partial charge in [-0.2, -0.15) is 22.6 Å². The van der Waals surface area contributed by atoms with Crippen molar-refractivity contribution >= 4 is 21.6 Å². The van der Waals surface area contributed by atoms with E-state index in [1.807, 2.05) is 0 Å². The zero-order valence-corrected chi connectivity index (χ0v) is 17.1. The van der Waals surface area contributed by atoms with Crippen LogP contribution in [0.25, 0.3) is 0 Å². The fraction of sp³-hybridized carbons (Fsp3) is 0.500. The van der Waals surface area contributed by atoms with Crippen molar-refractivity contribution in [2.45, 2.75) is 24.1 Å². The third-order valence-electron chi connectivity index (χ3n) is 4.28. The van der Waals surface area contributed by atoms with E-state index < -0.39 is 27.9 Å². The van der Waals surface area contributed by atoms with E-state index in [1.165, 1.54) is 8.99 Å². The fourth-order valence-electron chi connectivity index (χ4n) is 2.86. The zero-order valence-electron chi connectivity index (χ0n) is 15.5. The number of rotatable bonds is 5. The van der Waals surface area contributed by atoms with Gasteiger partial charge in [-0.25, -0.2) is 13.4 Å². The molecule has 2 aromatic heterocycles. The van der Waals surface area contributed by atoms with Crippen molar-refractivity contribution in [1.82, 2.24) is 19.1 Å². The lowest BCUT2D eigenvalue weighted by Crippen LogP contribution is -2.47. The third kappa shape index (κ3) is 4.65. The monoisotopic (exact) mass is 454 g/mol. The van der Waals surface area contributed by atoms with Gasteiger partial charge in [-0.05, 0) is 13.0 Å². The van der Waals surface area contributed by atoms with Crippen molar-refractivity contribution in [2.24, 2.45) is 7.05 Å². The smallest absolute Gasteiger partial charge is 0.417 e. The van der Waals surface area contributed by atoms with Gasteiger partial charge >= 0.3 is 6.18 Å². The minimum absolute atomic E-state index is 0.00632. The first-order valence-corrected chi connectivity index (χ1v) is 10.3. The number of aromatic nitrogens is 3. The van der Waals surface area contributed by atoms with E-state index in [0.717, 1.165) is 12.1 Å². The molecule has 0 aliphatic carbocycles. The van der Waals surface area contributed by atoms with Gasteiger partial charge in [-0.3, -0.25) is 4.68 Å². The highest BCUT2D eigenvalue weighted by molar-refractivity contribution is 7.89. The van der Waals surface area contributed by atoms with Gasteiger partial charge < -0.3 is 9.47 Å². The van der Waals surface area contributed by atoms with Crippen molar-refractivity contribution < 1.29 is 31.1 Å². The molecule has 1 atom stereocenters. The molecule has 0 radical (unpaired) electrons. The normalized spacial score (nSPS) is 18.8. The molecule has 0 spiro atoms. The number of alkyl halides is 3. The Kier molecular flexibility index (Phi) is 6.08. The molecule has 1 aliphatic rings. The fourth-order valence-corrected chi connectivity index (χ4v) is 5.02. The second-order valence-electron chi connectivity index (χ2n) is 6.38. The Morgan fingerprint density at radius 2 is 2.10 bits per heavy atom. The molecule has 1 aliphatic heterocycles. The summed E-state index contributed by atoms with van der Waals surface area (Å²) in [7, 11) is -2.36. The number of pyridine rings is 1. The molecule has 13 heteroatoms. The van der Waals surface area contributed by atoms with Crippen LogP contribution in [0.4, 0.5) is 13.2 Å². The van der Waals surface area contributed by atoms with E-state index in [4.69, 9.17) is 21.1 Å². The molecule has 3 heterocycles. The minimum Gasteiger partial charge on any atom is -0.475 e. The number of ether oxygens (including phenoxy) is 2. The predicted octanol–water partition coefficient (Wildman–Crippen LogP) is 2.26. The maximum atomic E-state index is 13.0. The van der Waals surface area contributed by atoms with Crippen LogP contribution in [0, 0.1) is 6.92 Å². The Bertz CT molecular complexity index is 979. The van der Waals surface area contributed by atoms with Crippen molar-refractivity contribution in [1.29, 1.82) is 0 Å². The molecule has 3 rings (SSSR count). The van der Waals surface area contributed by atoms with Crippen LogP contribution >= 0.6 is 11.6 Å². The number of aryl methyl sites for hydroxylation is 2. The van der Waals surface area contributed by atoms with Crippen LogP contribution in [-0.2, 0) is 28.0 Å². The number of hydrogen-bond donors (Lipinski definition) is 0. The molecule has 8 nitrogen and oxygen atoms in total. The Labute approximate surface area is 170 Å². The summed E-state index contributed by atoms with van der Waals surface area (Å²) in [6, 6.07) is 1.95. The maximum Gasteiger partial charge on any atom is 0.417 e. The Morgan fingerprint density at radius 3 is 2.66 bits per heavy atom. The van der Waals surface area contributed by atoms with Crippen LogP contribution in [0.1, 0.15) is 11.3 Å². The summed E-state index contributed by atoms with van der Waals surface area (Å²) < 4.78 is 77.0. The van der Waals surface area contributed by atoms with Crippen LogP contribution in [0.15, 0.2) is 23.2 Å². The third-order valence-corrected chi connectivity index (χ3v) is 6.84. The molecule has 29 heavy (non-hydrogen) atoms. The zero-order chi connectivity index (χ0) is 21.4. The summed E-state index contributed by atoms with van der Waals surface area (Å²) in [6.07, 6.45) is -4.45. The van der Waals surface area contributed by atoms with Crippen LogP contribution in [0.3, 0.4) is 0 Å². The summed E-state index contributed by atoms with van der Waals surface area (Å²) in [5, 5.41) is 4.04. The lowest BCUT2D eigenvalue weighted by Gasteiger charge is -2.31. The van der Waals surface area contributed by atoms with Gasteiger partial charge in [-0.1, -0.05) is 11.6 Å². The first-order valence-electron chi connectivity index (χ1n) is 8.47. The highest BCUT2D eigenvalue weighted by atomic mass is 35.5. The Morgan fingerprint density at radius 1 is 1.38 bits per heavy atom. The van der Waals surface area contributed by atoms with Gasteiger partial charge in [0.1, 0.15) is 22.8 Å². The van der Waals surface area contributed by atoms with E-state index in [-0.39, 0.29) is 47.9 Å². The number of sulfonamides is 1. The van der Waals surface area contributed by atoms with Crippen LogP contribution in [-0.4, -0.2) is 59.9 Å². The summed E-state index contributed by atoms with van der Waals surface area (Å²) in [5.41, 5.74) is -0.606. The van der Waals surface area contributed by atoms with Crippen LogP contribution in [0.2, 0.25) is 5.15 Å². The molecule has 0 N–H and O–H groups in total. The van der Waals surface area contributed by atoms with E-state index in [1.54, 1.807) is 14.0 Å². The molecule has 160 valence electrons. The van der Waals surface area contributed by atoms with Crippen molar-refractivity contribution in [3.05, 3.63) is 34.7 Å². The molecule has 1 saturated heterocycles. The van der Waals surface area contributed by atoms with Gasteiger partial charge in [0.05, 0.1) is 17.9 Å². The topological polar surface area (TPSA) is 86.6 Å². The van der Waals surface area contributed by atoms with Gasteiger partial charge in [-0.15, -0.1) is 0 Å². The highest BCUT2D eigenvalue weighted by Crippen LogP contribution is 2.30. The van der Waals surface area contributed by atoms with E-state index in [2.05, 4.69) is 10.1 Å². The molecule has 0 saturated carbocycles. The van der Waals surface area contributed by atoms with E-state index in [0.29, 0.717) is 6.20 Å². The second-order valence-corrected chi connectivity index (χ2v) is 8.61. The van der Waals surface area contributed by atoms with Gasteiger partial charge in [0, 0.05) is 32.4 Å². The summed E-state index contributed by atoms with van der Waals surface area (Å²) in [5.74, 6) is -0.0206. The van der Waals surface area contributed by atoms with Crippen molar-refractivity contribution in [2.75, 3.05) is 26.3 Å². The van der Waals surface area contributed by atoms with E-state index in [9.17, 15) is 21.6 Å². The van der Waals surface area contributed by atoms with Gasteiger partial charge in [0.2, 0.25) is 15.9 Å². The highest BCUT2D eigenvalue weighted by Gasteiger charge is 2.35. The number of morpholine rings is 1. The first-order chi connectivity index (χ1) is 13.5. The standard InChI is InChI=1S/C16H18ClF3N4O4S/c1-10-14(15(17)23(2)22-10)29(25,26)24-5-6-27-12(8-24)9-28-13-4-3-11(7-21-13)16(18,19)20/h3-4,7,12H,5-6,8-9H2,1-2H3. The molecule has 0 amide bonds. The van der Waals surface area contributed by atoms with Crippen molar-refractivity contribution in [3.63, 3.8) is 0 Å². The SMILES string of the molecule is Cc1nn(C)c(Cl)c1S(=O)(=O)N1CCOC(COc2ccc(C(F)(F)F)cn2)C1. The Balaban J connectivity index is 1.66. The lowest BCUT2D eigenvalue weighted by atomic mass is 10.3. The van der Waals surface area contributed by atoms with Crippen molar-refractivity contribution in [3.8, 4) is 5.88 Å². The number of halogens is 4. The maximum absolute atomic E-state index is 13.0. The van der Waals surface area contributed by atoms with Crippen LogP contribution in [0.5, 0.6) is 5.88 Å². The van der Waals surface area contributed by atoms with Gasteiger partial charge in [0.25, 0.3) is 0 Å². The minimum atomic E-state index is -4.49. The second kappa shape index (κ2) is 8.09. The molecular formula is C16H18ClF3N4O4S. The van der Waals surface area contributed by atoms with Gasteiger partial charge in [0.15, 0.2) is 0 Å². The van der Waals surface area contributed by atoms with Crippen LogP contribution < -0.4 is 4.74 Å². The number of hydrogen-bond acceptors (Lipinski definition) is 6. The summed E-state index contributed by atoms with van der Waals surface area (Å²) >= 11 is 6.09. The quantitative estimate of drug-likeness (QED) is 0.689. The molecule has 0 aromatic carbocycles. The molecular weight excluding hydrogens is 437 g/mol. The Hall–Kier alpha value is -1.89. The number of nitrogens with zero attached hydrogens (tertiary/aromatic N) is 4. The predicted molar refractivity (Wildman–Crippen MR) is 96.2 cm³/mol. The molecule has 2 aromatic rings. The summed E-state index contributed by atoms with van der Waals surface area (Å²) in [6.45, 7) is 1.72. The summed E-state index contributed by atoms with van der Waals surface area (Å²) in [4.78, 5) is 3.55. The largest absolute Gasteiger partial charge is 0.475 e. The molecule has 1 unspecified atom stereocenters. The average molecular weight is 455 g/mol. The lowest BCUT2D eigenvalue weighted by molar-refractivity contribution is -0.137. The first kappa shape index (κ1) is 21.8. The molecule has 0 bridgehead atoms. The van der Waals surface area contributed by atoms with E-state index >= 15 is 0 Å². The molecule has 1 fully saturated rings.